The fraction of sp³-hybridized carbons (Fsp3) is 0.667. The number of nitrogens with zero attached hydrogens (tertiary/aromatic N) is 2. The molecule has 1 amide bonds. The summed E-state index contributed by atoms with van der Waals surface area (Å²) in [7, 11) is 0. The molecule has 2 fully saturated rings. The van der Waals surface area contributed by atoms with Crippen LogP contribution in [0.5, 0.6) is 5.75 Å². The fourth-order valence-corrected chi connectivity index (χ4v) is 4.51. The highest BCUT2D eigenvalue weighted by atomic mass is 79.9. The standard InChI is InChI=1S/C21H31BrN2O3/c1-16-13-23(14-17(2)27-16)15-18-6-9-24(10-7-18)21(25)8-11-26-20-5-3-4-19(22)12-20/h3-5,12,16-18H,6-11,13-15H2,1-2H3. The monoisotopic (exact) mass is 438 g/mol. The predicted octanol–water partition coefficient (Wildman–Crippen LogP) is 3.57. The van der Waals surface area contributed by atoms with Crippen molar-refractivity contribution in [1.82, 2.24) is 9.80 Å². The van der Waals surface area contributed by atoms with E-state index in [4.69, 9.17) is 9.47 Å². The summed E-state index contributed by atoms with van der Waals surface area (Å²) in [5.74, 6) is 1.69. The van der Waals surface area contributed by atoms with Gasteiger partial charge in [0.05, 0.1) is 25.2 Å². The van der Waals surface area contributed by atoms with Crippen molar-refractivity contribution >= 4 is 21.8 Å². The first-order valence-corrected chi connectivity index (χ1v) is 10.8. The first-order chi connectivity index (χ1) is 13.0. The van der Waals surface area contributed by atoms with E-state index in [0.717, 1.165) is 55.8 Å². The molecule has 2 heterocycles. The highest BCUT2D eigenvalue weighted by Gasteiger charge is 2.27. The Morgan fingerprint density at radius 3 is 2.59 bits per heavy atom. The Balaban J connectivity index is 1.35. The molecule has 0 radical (unpaired) electrons. The van der Waals surface area contributed by atoms with Crippen molar-refractivity contribution in [3.8, 4) is 5.75 Å². The molecule has 0 saturated carbocycles. The summed E-state index contributed by atoms with van der Waals surface area (Å²) in [5, 5.41) is 0. The van der Waals surface area contributed by atoms with Crippen LogP contribution in [-0.4, -0.2) is 67.2 Å². The van der Waals surface area contributed by atoms with E-state index < -0.39 is 0 Å². The molecule has 0 aliphatic carbocycles. The van der Waals surface area contributed by atoms with E-state index in [1.807, 2.05) is 29.2 Å². The Hall–Kier alpha value is -1.11. The quantitative estimate of drug-likeness (QED) is 0.680. The van der Waals surface area contributed by atoms with Gasteiger partial charge in [-0.2, -0.15) is 0 Å². The van der Waals surface area contributed by atoms with Gasteiger partial charge in [0.25, 0.3) is 0 Å². The number of rotatable bonds is 6. The Bertz CT molecular complexity index is 609. The molecule has 2 aliphatic heterocycles. The van der Waals surface area contributed by atoms with Crippen molar-refractivity contribution in [2.45, 2.75) is 45.3 Å². The zero-order chi connectivity index (χ0) is 19.2. The van der Waals surface area contributed by atoms with Gasteiger partial charge in [-0.25, -0.2) is 0 Å². The van der Waals surface area contributed by atoms with Gasteiger partial charge in [0.1, 0.15) is 5.75 Å². The Morgan fingerprint density at radius 1 is 1.22 bits per heavy atom. The third-order valence-electron chi connectivity index (χ3n) is 5.36. The molecule has 6 heteroatoms. The summed E-state index contributed by atoms with van der Waals surface area (Å²) < 4.78 is 12.5. The number of hydrogen-bond donors (Lipinski definition) is 0. The predicted molar refractivity (Wildman–Crippen MR) is 110 cm³/mol. The van der Waals surface area contributed by atoms with Crippen LogP contribution < -0.4 is 4.74 Å². The summed E-state index contributed by atoms with van der Waals surface area (Å²) in [6.07, 6.45) is 3.27. The normalized spacial score (nSPS) is 24.8. The van der Waals surface area contributed by atoms with Gasteiger partial charge in [-0.05, 0) is 50.8 Å². The van der Waals surface area contributed by atoms with Crippen LogP contribution in [0.3, 0.4) is 0 Å². The van der Waals surface area contributed by atoms with E-state index in [1.54, 1.807) is 0 Å². The van der Waals surface area contributed by atoms with Crippen LogP contribution in [0.2, 0.25) is 0 Å². The number of piperidine rings is 1. The largest absolute Gasteiger partial charge is 0.493 e. The number of hydrogen-bond acceptors (Lipinski definition) is 4. The lowest BCUT2D eigenvalue weighted by molar-refractivity contribution is -0.133. The number of halogens is 1. The van der Waals surface area contributed by atoms with Crippen LogP contribution in [0.1, 0.15) is 33.1 Å². The van der Waals surface area contributed by atoms with Gasteiger partial charge in [-0.1, -0.05) is 22.0 Å². The number of amides is 1. The number of carbonyl (C=O) groups is 1. The van der Waals surface area contributed by atoms with E-state index in [9.17, 15) is 4.79 Å². The second kappa shape index (κ2) is 9.89. The minimum absolute atomic E-state index is 0.206. The molecular weight excluding hydrogens is 408 g/mol. The minimum Gasteiger partial charge on any atom is -0.493 e. The SMILES string of the molecule is CC1CN(CC2CCN(C(=O)CCOc3cccc(Br)c3)CC2)CC(C)O1. The molecule has 1 aromatic rings. The van der Waals surface area contributed by atoms with Crippen LogP contribution in [-0.2, 0) is 9.53 Å². The molecule has 0 aromatic heterocycles. The van der Waals surface area contributed by atoms with Crippen LogP contribution in [0.15, 0.2) is 28.7 Å². The lowest BCUT2D eigenvalue weighted by Gasteiger charge is -2.39. The van der Waals surface area contributed by atoms with Crippen molar-refractivity contribution < 1.29 is 14.3 Å². The molecule has 3 rings (SSSR count). The van der Waals surface area contributed by atoms with Gasteiger partial charge in [0.15, 0.2) is 0 Å². The second-order valence-corrected chi connectivity index (χ2v) is 8.77. The number of ether oxygens (including phenoxy) is 2. The Kier molecular flexibility index (Phi) is 7.56. The highest BCUT2D eigenvalue weighted by molar-refractivity contribution is 9.10. The van der Waals surface area contributed by atoms with Crippen molar-refractivity contribution in [3.63, 3.8) is 0 Å². The molecule has 0 spiro atoms. The lowest BCUT2D eigenvalue weighted by Crippen LogP contribution is -2.48. The first-order valence-electron chi connectivity index (χ1n) is 10.0. The topological polar surface area (TPSA) is 42.0 Å². The summed E-state index contributed by atoms with van der Waals surface area (Å²) in [6.45, 7) is 9.66. The van der Waals surface area contributed by atoms with E-state index >= 15 is 0 Å². The third kappa shape index (κ3) is 6.47. The summed E-state index contributed by atoms with van der Waals surface area (Å²) in [4.78, 5) is 17.0. The number of likely N-dealkylation sites (tertiary alicyclic amines) is 1. The smallest absolute Gasteiger partial charge is 0.225 e. The summed E-state index contributed by atoms with van der Waals surface area (Å²) >= 11 is 3.43. The van der Waals surface area contributed by atoms with Crippen molar-refractivity contribution in [3.05, 3.63) is 28.7 Å². The summed E-state index contributed by atoms with van der Waals surface area (Å²) in [6, 6.07) is 7.72. The molecule has 1 aromatic carbocycles. The first kappa shape index (κ1) is 20.6. The van der Waals surface area contributed by atoms with E-state index in [-0.39, 0.29) is 5.91 Å². The fourth-order valence-electron chi connectivity index (χ4n) is 4.13. The molecule has 0 bridgehead atoms. The van der Waals surface area contributed by atoms with Gasteiger partial charge >= 0.3 is 0 Å². The third-order valence-corrected chi connectivity index (χ3v) is 5.85. The van der Waals surface area contributed by atoms with Crippen LogP contribution in [0, 0.1) is 5.92 Å². The molecule has 2 aliphatic rings. The molecule has 0 N–H and O–H groups in total. The van der Waals surface area contributed by atoms with Gasteiger partial charge in [-0.3, -0.25) is 9.69 Å². The number of benzene rings is 1. The van der Waals surface area contributed by atoms with Gasteiger partial charge in [0.2, 0.25) is 5.91 Å². The highest BCUT2D eigenvalue weighted by Crippen LogP contribution is 2.22. The van der Waals surface area contributed by atoms with Gasteiger partial charge in [-0.15, -0.1) is 0 Å². The zero-order valence-corrected chi connectivity index (χ0v) is 18.0. The molecule has 5 nitrogen and oxygen atoms in total. The molecule has 2 unspecified atom stereocenters. The lowest BCUT2D eigenvalue weighted by atomic mass is 9.95. The average molecular weight is 439 g/mol. The maximum Gasteiger partial charge on any atom is 0.225 e. The van der Waals surface area contributed by atoms with Crippen LogP contribution in [0.25, 0.3) is 0 Å². The van der Waals surface area contributed by atoms with Crippen molar-refractivity contribution in [1.29, 1.82) is 0 Å². The minimum atomic E-state index is 0.206. The van der Waals surface area contributed by atoms with Crippen LogP contribution >= 0.6 is 15.9 Å². The molecule has 2 saturated heterocycles. The van der Waals surface area contributed by atoms with Crippen molar-refractivity contribution in [2.24, 2.45) is 5.92 Å². The number of morpholine rings is 1. The maximum absolute atomic E-state index is 12.4. The number of carbonyl (C=O) groups excluding carboxylic acids is 1. The molecular formula is C21H31BrN2O3. The Morgan fingerprint density at radius 2 is 1.93 bits per heavy atom. The van der Waals surface area contributed by atoms with Gasteiger partial charge in [0, 0.05) is 37.2 Å². The molecule has 2 atom stereocenters. The van der Waals surface area contributed by atoms with E-state index in [0.29, 0.717) is 31.2 Å². The maximum atomic E-state index is 12.4. The summed E-state index contributed by atoms with van der Waals surface area (Å²) in [5.41, 5.74) is 0. The molecule has 27 heavy (non-hydrogen) atoms. The van der Waals surface area contributed by atoms with E-state index in [2.05, 4.69) is 34.7 Å². The van der Waals surface area contributed by atoms with Crippen LogP contribution in [0.4, 0.5) is 0 Å². The van der Waals surface area contributed by atoms with Gasteiger partial charge < -0.3 is 14.4 Å². The molecule has 150 valence electrons. The average Bonchev–Trinajstić information content (AvgIpc) is 2.61. The zero-order valence-electron chi connectivity index (χ0n) is 16.4. The second-order valence-electron chi connectivity index (χ2n) is 7.86. The Labute approximate surface area is 171 Å². The van der Waals surface area contributed by atoms with Crippen molar-refractivity contribution in [2.75, 3.05) is 39.3 Å². The van der Waals surface area contributed by atoms with E-state index in [1.165, 1.54) is 0 Å².